The van der Waals surface area contributed by atoms with Crippen LogP contribution in [-0.4, -0.2) is 48.1 Å². The number of esters is 1. The largest absolute Gasteiger partial charge is 0.452 e. The van der Waals surface area contributed by atoms with Crippen molar-refractivity contribution >= 4 is 11.9 Å². The van der Waals surface area contributed by atoms with Crippen molar-refractivity contribution in [2.24, 2.45) is 0 Å². The Bertz CT molecular complexity index is 313. The predicted octanol–water partition coefficient (Wildman–Crippen LogP) is 0.291. The average molecular weight is 240 g/mol. The van der Waals surface area contributed by atoms with Crippen molar-refractivity contribution < 1.29 is 14.3 Å². The summed E-state index contributed by atoms with van der Waals surface area (Å²) in [5, 5.41) is 3.29. The Morgan fingerprint density at radius 2 is 2.06 bits per heavy atom. The lowest BCUT2D eigenvalue weighted by Crippen LogP contribution is -2.47. The van der Waals surface area contributed by atoms with E-state index in [9.17, 15) is 9.59 Å². The first-order valence-corrected chi connectivity index (χ1v) is 6.29. The molecule has 0 bridgehead atoms. The van der Waals surface area contributed by atoms with Gasteiger partial charge in [-0.2, -0.15) is 0 Å². The van der Waals surface area contributed by atoms with Crippen molar-refractivity contribution in [3.05, 3.63) is 0 Å². The SMILES string of the molecule is CC(=O)OC1C[C@@H](C)N(C2CCNCC2)C1=O. The molecule has 5 heteroatoms. The smallest absolute Gasteiger partial charge is 0.303 e. The molecule has 0 saturated carbocycles. The van der Waals surface area contributed by atoms with Crippen LogP contribution in [0.4, 0.5) is 0 Å². The second kappa shape index (κ2) is 5.04. The van der Waals surface area contributed by atoms with Gasteiger partial charge in [0, 0.05) is 25.4 Å². The van der Waals surface area contributed by atoms with E-state index in [0.29, 0.717) is 12.5 Å². The number of rotatable bonds is 2. The number of likely N-dealkylation sites (tertiary alicyclic amines) is 1. The van der Waals surface area contributed by atoms with Crippen LogP contribution in [0.3, 0.4) is 0 Å². The minimum atomic E-state index is -0.558. The quantitative estimate of drug-likeness (QED) is 0.705. The molecule has 2 atom stereocenters. The third kappa shape index (κ3) is 2.60. The van der Waals surface area contributed by atoms with E-state index in [4.69, 9.17) is 4.74 Å². The molecular formula is C12H20N2O3. The van der Waals surface area contributed by atoms with Crippen molar-refractivity contribution in [3.63, 3.8) is 0 Å². The third-order valence-electron chi connectivity index (χ3n) is 3.57. The van der Waals surface area contributed by atoms with Gasteiger partial charge < -0.3 is 15.0 Å². The minimum absolute atomic E-state index is 0.0143. The van der Waals surface area contributed by atoms with E-state index in [1.165, 1.54) is 6.92 Å². The van der Waals surface area contributed by atoms with E-state index in [2.05, 4.69) is 5.32 Å². The fraction of sp³-hybridized carbons (Fsp3) is 0.833. The molecule has 2 aliphatic heterocycles. The molecular weight excluding hydrogens is 220 g/mol. The molecule has 0 aromatic rings. The molecule has 2 rings (SSSR count). The van der Waals surface area contributed by atoms with Crippen molar-refractivity contribution in [2.45, 2.75) is 51.3 Å². The standard InChI is InChI=1S/C12H20N2O3/c1-8-7-11(17-9(2)15)12(16)14(8)10-3-5-13-6-4-10/h8,10-11,13H,3-7H2,1-2H3/t8-,11?/m1/s1. The van der Waals surface area contributed by atoms with E-state index in [1.807, 2.05) is 11.8 Å². The number of piperidine rings is 1. The lowest BCUT2D eigenvalue weighted by molar-refractivity contribution is -0.155. The van der Waals surface area contributed by atoms with Gasteiger partial charge in [-0.15, -0.1) is 0 Å². The van der Waals surface area contributed by atoms with Crippen LogP contribution < -0.4 is 5.32 Å². The van der Waals surface area contributed by atoms with E-state index in [0.717, 1.165) is 25.9 Å². The van der Waals surface area contributed by atoms with Gasteiger partial charge in [-0.25, -0.2) is 0 Å². The summed E-state index contributed by atoms with van der Waals surface area (Å²) in [7, 11) is 0. The predicted molar refractivity (Wildman–Crippen MR) is 62.4 cm³/mol. The van der Waals surface area contributed by atoms with Gasteiger partial charge in [0.1, 0.15) is 0 Å². The average Bonchev–Trinajstić information content (AvgIpc) is 2.54. The van der Waals surface area contributed by atoms with Gasteiger partial charge in [-0.1, -0.05) is 0 Å². The summed E-state index contributed by atoms with van der Waals surface area (Å²) < 4.78 is 5.07. The van der Waals surface area contributed by atoms with Gasteiger partial charge >= 0.3 is 5.97 Å². The third-order valence-corrected chi connectivity index (χ3v) is 3.57. The molecule has 2 fully saturated rings. The van der Waals surface area contributed by atoms with Crippen molar-refractivity contribution in [1.82, 2.24) is 10.2 Å². The number of carbonyl (C=O) groups is 2. The Labute approximate surface area is 101 Å². The number of carbonyl (C=O) groups excluding carboxylic acids is 2. The van der Waals surface area contributed by atoms with Gasteiger partial charge in [-0.05, 0) is 32.9 Å². The van der Waals surface area contributed by atoms with Crippen LogP contribution >= 0.6 is 0 Å². The minimum Gasteiger partial charge on any atom is -0.452 e. The molecule has 0 aromatic carbocycles. The summed E-state index contributed by atoms with van der Waals surface area (Å²) in [6.45, 7) is 5.30. The fourth-order valence-corrected chi connectivity index (χ4v) is 2.83. The summed E-state index contributed by atoms with van der Waals surface area (Å²) in [5.41, 5.74) is 0. The highest BCUT2D eigenvalue weighted by Crippen LogP contribution is 2.27. The summed E-state index contributed by atoms with van der Waals surface area (Å²) >= 11 is 0. The lowest BCUT2D eigenvalue weighted by Gasteiger charge is -2.34. The summed E-state index contributed by atoms with van der Waals surface area (Å²) in [5.74, 6) is -0.387. The molecule has 2 aliphatic rings. The van der Waals surface area contributed by atoms with Crippen molar-refractivity contribution in [1.29, 1.82) is 0 Å². The molecule has 1 N–H and O–H groups in total. The van der Waals surface area contributed by atoms with E-state index in [1.54, 1.807) is 0 Å². The Hall–Kier alpha value is -1.10. The van der Waals surface area contributed by atoms with Crippen LogP contribution in [-0.2, 0) is 14.3 Å². The zero-order valence-electron chi connectivity index (χ0n) is 10.4. The molecule has 96 valence electrons. The molecule has 2 heterocycles. The summed E-state index contributed by atoms with van der Waals surface area (Å²) in [6.07, 6.45) is 2.05. The van der Waals surface area contributed by atoms with Crippen LogP contribution in [0.15, 0.2) is 0 Å². The maximum atomic E-state index is 12.2. The van der Waals surface area contributed by atoms with Crippen LogP contribution in [0.25, 0.3) is 0 Å². The Morgan fingerprint density at radius 3 is 2.65 bits per heavy atom. The molecule has 1 amide bonds. The Kier molecular flexibility index (Phi) is 3.66. The molecule has 17 heavy (non-hydrogen) atoms. The van der Waals surface area contributed by atoms with Crippen LogP contribution in [0, 0.1) is 0 Å². The Balaban J connectivity index is 2.02. The van der Waals surface area contributed by atoms with Gasteiger partial charge in [0.05, 0.1) is 0 Å². The zero-order chi connectivity index (χ0) is 12.4. The maximum absolute atomic E-state index is 12.2. The van der Waals surface area contributed by atoms with Gasteiger partial charge in [0.2, 0.25) is 0 Å². The first kappa shape index (κ1) is 12.4. The topological polar surface area (TPSA) is 58.6 Å². The molecule has 1 unspecified atom stereocenters. The summed E-state index contributed by atoms with van der Waals surface area (Å²) in [4.78, 5) is 25.0. The molecule has 0 radical (unpaired) electrons. The van der Waals surface area contributed by atoms with Gasteiger partial charge in [0.25, 0.3) is 5.91 Å². The molecule has 0 aliphatic carbocycles. The second-order valence-electron chi connectivity index (χ2n) is 4.91. The fourth-order valence-electron chi connectivity index (χ4n) is 2.83. The molecule has 0 spiro atoms. The number of hydrogen-bond donors (Lipinski definition) is 1. The molecule has 5 nitrogen and oxygen atoms in total. The van der Waals surface area contributed by atoms with Gasteiger partial charge in [0.15, 0.2) is 6.10 Å². The summed E-state index contributed by atoms with van der Waals surface area (Å²) in [6, 6.07) is 0.481. The maximum Gasteiger partial charge on any atom is 0.303 e. The molecule has 0 aromatic heterocycles. The number of nitrogens with one attached hydrogen (secondary N) is 1. The van der Waals surface area contributed by atoms with E-state index < -0.39 is 6.10 Å². The highest BCUT2D eigenvalue weighted by atomic mass is 16.5. The zero-order valence-corrected chi connectivity index (χ0v) is 10.4. The van der Waals surface area contributed by atoms with Crippen LogP contribution in [0.2, 0.25) is 0 Å². The molecule has 2 saturated heterocycles. The monoisotopic (exact) mass is 240 g/mol. The number of amides is 1. The van der Waals surface area contributed by atoms with Crippen molar-refractivity contribution in [3.8, 4) is 0 Å². The van der Waals surface area contributed by atoms with Crippen LogP contribution in [0.5, 0.6) is 0 Å². The highest BCUT2D eigenvalue weighted by Gasteiger charge is 2.42. The Morgan fingerprint density at radius 1 is 1.41 bits per heavy atom. The highest BCUT2D eigenvalue weighted by molar-refractivity contribution is 5.86. The lowest BCUT2D eigenvalue weighted by atomic mass is 10.0. The van der Waals surface area contributed by atoms with Gasteiger partial charge in [-0.3, -0.25) is 9.59 Å². The first-order valence-electron chi connectivity index (χ1n) is 6.29. The van der Waals surface area contributed by atoms with Crippen molar-refractivity contribution in [2.75, 3.05) is 13.1 Å². The number of ether oxygens (including phenoxy) is 1. The number of nitrogens with zero attached hydrogens (tertiary/aromatic N) is 1. The van der Waals surface area contributed by atoms with E-state index in [-0.39, 0.29) is 17.9 Å². The normalized spacial score (nSPS) is 30.7. The van der Waals surface area contributed by atoms with E-state index >= 15 is 0 Å². The second-order valence-corrected chi connectivity index (χ2v) is 4.91. The first-order chi connectivity index (χ1) is 8.09. The number of hydrogen-bond acceptors (Lipinski definition) is 4. The van der Waals surface area contributed by atoms with Crippen LogP contribution in [0.1, 0.15) is 33.1 Å².